The Morgan fingerprint density at radius 1 is 0.905 bits per heavy atom. The molecule has 0 saturated carbocycles. The van der Waals surface area contributed by atoms with Gasteiger partial charge in [0.05, 0.1) is 5.60 Å². The molecule has 3 heteroatoms. The molecule has 0 aromatic heterocycles. The number of hydrogen-bond donors (Lipinski definition) is 2. The fraction of sp³-hybridized carbons (Fsp3) is 0.222. The fourth-order valence-corrected chi connectivity index (χ4v) is 4.84. The Balaban J connectivity index is 2.41. The molecule has 0 aliphatic carbocycles. The van der Waals surface area contributed by atoms with Crippen molar-refractivity contribution in [1.29, 1.82) is 0 Å². The number of hydrogen-bond acceptors (Lipinski definition) is 2. The van der Waals surface area contributed by atoms with E-state index in [-0.39, 0.29) is 0 Å². The van der Waals surface area contributed by atoms with Gasteiger partial charge in [-0.2, -0.15) is 0 Å². The van der Waals surface area contributed by atoms with Gasteiger partial charge in [0.2, 0.25) is 0 Å². The normalized spacial score (nSPS) is 12.8. The summed E-state index contributed by atoms with van der Waals surface area (Å²) in [5.74, 6) is 0. The van der Waals surface area contributed by atoms with Crippen LogP contribution in [-0.2, 0) is 0 Å². The van der Waals surface area contributed by atoms with Gasteiger partial charge in [-0.25, -0.2) is 0 Å². The molecule has 0 bridgehead atoms. The molecule has 0 unspecified atom stereocenters. The van der Waals surface area contributed by atoms with Crippen LogP contribution in [0.25, 0.3) is 0 Å². The quantitative estimate of drug-likeness (QED) is 0.829. The second-order valence-corrected chi connectivity index (χ2v) is 8.94. The highest BCUT2D eigenvalue weighted by Gasteiger charge is 2.32. The fourth-order valence-electron chi connectivity index (χ4n) is 2.26. The molecule has 0 radical (unpaired) electrons. The van der Waals surface area contributed by atoms with E-state index in [1.54, 1.807) is 13.8 Å². The second-order valence-electron chi connectivity index (χ2n) is 5.92. The van der Waals surface area contributed by atoms with Gasteiger partial charge in [0, 0.05) is 0 Å². The Morgan fingerprint density at radius 2 is 1.33 bits per heavy atom. The van der Waals surface area contributed by atoms with Crippen molar-refractivity contribution in [1.82, 2.24) is 0 Å². The number of benzene rings is 2. The van der Waals surface area contributed by atoms with Gasteiger partial charge in [-0.1, -0.05) is 72.4 Å². The second kappa shape index (κ2) is 6.39. The molecule has 2 N–H and O–H groups in total. The first-order valence-corrected chi connectivity index (χ1v) is 9.18. The third kappa shape index (κ3) is 4.14. The van der Waals surface area contributed by atoms with E-state index in [9.17, 15) is 9.90 Å². The summed E-state index contributed by atoms with van der Waals surface area (Å²) >= 11 is 0. The molecule has 0 saturated heterocycles. The number of rotatable bonds is 5. The molecule has 0 spiro atoms. The first-order chi connectivity index (χ1) is 9.92. The molecule has 0 aliphatic rings. The van der Waals surface area contributed by atoms with Crippen molar-refractivity contribution >= 4 is 18.7 Å². The van der Waals surface area contributed by atoms with Gasteiger partial charge in [0.1, 0.15) is 0 Å². The van der Waals surface area contributed by atoms with Gasteiger partial charge in [-0.15, -0.1) is 0 Å². The predicted octanol–water partition coefficient (Wildman–Crippen LogP) is 1.99. The van der Waals surface area contributed by atoms with Crippen molar-refractivity contribution in [3.8, 4) is 0 Å². The summed E-state index contributed by atoms with van der Waals surface area (Å²) in [6, 6.07) is 19.5. The summed E-state index contributed by atoms with van der Waals surface area (Å²) in [6.07, 6.45) is 2.41. The summed E-state index contributed by atoms with van der Waals surface area (Å²) in [5.41, 5.74) is 1.13. The zero-order chi connectivity index (χ0) is 15.3. The molecule has 110 valence electrons. The minimum absolute atomic E-state index is 0.516. The van der Waals surface area contributed by atoms with Crippen LogP contribution < -0.4 is 10.4 Å². The Bertz CT molecular complexity index is 546. The van der Waals surface area contributed by atoms with Gasteiger partial charge in [0.25, 0.3) is 8.32 Å². The molecule has 0 atom stereocenters. The number of aliphatic hydroxyl groups is 1. The smallest absolute Gasteiger partial charge is 0.277 e. The standard InChI is InChI=1S/C18H22O2Si/c1-18(2,19)14-9-15-21(20,16-10-5-3-6-11-16)17-12-7-4-8-13-17/h3-13,15,19-20H,14H2,1-2H3/b15-9-. The predicted molar refractivity (Wildman–Crippen MR) is 90.2 cm³/mol. The van der Waals surface area contributed by atoms with E-state index in [0.29, 0.717) is 6.42 Å². The third-order valence-corrected chi connectivity index (χ3v) is 6.55. The van der Waals surface area contributed by atoms with E-state index in [1.807, 2.05) is 72.4 Å². The highest BCUT2D eigenvalue weighted by molar-refractivity contribution is 7.00. The van der Waals surface area contributed by atoms with Crippen LogP contribution in [0.2, 0.25) is 0 Å². The molecule has 0 fully saturated rings. The van der Waals surface area contributed by atoms with Crippen molar-refractivity contribution in [2.45, 2.75) is 25.9 Å². The van der Waals surface area contributed by atoms with Crippen LogP contribution in [0.15, 0.2) is 72.4 Å². The van der Waals surface area contributed by atoms with E-state index in [0.717, 1.165) is 10.4 Å². The first-order valence-electron chi connectivity index (χ1n) is 7.15. The van der Waals surface area contributed by atoms with Crippen LogP contribution in [-0.4, -0.2) is 23.8 Å². The molecule has 0 aliphatic heterocycles. The minimum Gasteiger partial charge on any atom is -0.421 e. The van der Waals surface area contributed by atoms with Gasteiger partial charge in [0.15, 0.2) is 0 Å². The topological polar surface area (TPSA) is 40.5 Å². The molecule has 0 heterocycles. The molecule has 0 amide bonds. The lowest BCUT2D eigenvalue weighted by Crippen LogP contribution is -2.57. The van der Waals surface area contributed by atoms with Crippen LogP contribution in [0.1, 0.15) is 20.3 Å². The van der Waals surface area contributed by atoms with Gasteiger partial charge >= 0.3 is 0 Å². The molecular formula is C18H22O2Si. The van der Waals surface area contributed by atoms with Crippen molar-refractivity contribution in [2.75, 3.05) is 0 Å². The Hall–Kier alpha value is -1.68. The summed E-state index contributed by atoms with van der Waals surface area (Å²) in [5, 5.41) is 11.7. The monoisotopic (exact) mass is 298 g/mol. The molecule has 2 aromatic rings. The van der Waals surface area contributed by atoms with Crippen LogP contribution in [0.3, 0.4) is 0 Å². The van der Waals surface area contributed by atoms with Gasteiger partial charge < -0.3 is 9.90 Å². The van der Waals surface area contributed by atoms with E-state index in [1.165, 1.54) is 0 Å². The van der Waals surface area contributed by atoms with E-state index in [2.05, 4.69) is 0 Å². The minimum atomic E-state index is -2.89. The lowest BCUT2D eigenvalue weighted by molar-refractivity contribution is 0.0839. The molecule has 2 aromatic carbocycles. The third-order valence-electron chi connectivity index (χ3n) is 3.40. The lowest BCUT2D eigenvalue weighted by Gasteiger charge is -2.23. The first kappa shape index (κ1) is 15.7. The van der Waals surface area contributed by atoms with Gasteiger partial charge in [-0.3, -0.25) is 0 Å². The van der Waals surface area contributed by atoms with Crippen LogP contribution in [0.5, 0.6) is 0 Å². The molecule has 21 heavy (non-hydrogen) atoms. The van der Waals surface area contributed by atoms with Crippen LogP contribution in [0.4, 0.5) is 0 Å². The zero-order valence-electron chi connectivity index (χ0n) is 12.5. The Kier molecular flexibility index (Phi) is 4.78. The Morgan fingerprint density at radius 3 is 1.71 bits per heavy atom. The lowest BCUT2D eigenvalue weighted by atomic mass is 10.1. The van der Waals surface area contributed by atoms with Crippen molar-refractivity contribution in [3.05, 3.63) is 72.4 Å². The maximum atomic E-state index is 11.3. The van der Waals surface area contributed by atoms with Crippen LogP contribution in [0, 0.1) is 0 Å². The average Bonchev–Trinajstić information content (AvgIpc) is 2.47. The highest BCUT2D eigenvalue weighted by atomic mass is 28.4. The summed E-state index contributed by atoms with van der Waals surface area (Å²) in [4.78, 5) is 11.3. The van der Waals surface area contributed by atoms with Crippen LogP contribution >= 0.6 is 0 Å². The van der Waals surface area contributed by atoms with Crippen molar-refractivity contribution in [2.24, 2.45) is 0 Å². The Labute approximate surface area is 127 Å². The SMILES string of the molecule is CC(C)(O)C/C=C\[Si](O)(c1ccccc1)c1ccccc1. The summed E-state index contributed by atoms with van der Waals surface area (Å²) < 4.78 is 0. The van der Waals surface area contributed by atoms with E-state index < -0.39 is 13.9 Å². The maximum Gasteiger partial charge on any atom is 0.277 e. The summed E-state index contributed by atoms with van der Waals surface area (Å²) in [6.45, 7) is 3.53. The zero-order valence-corrected chi connectivity index (χ0v) is 13.5. The average molecular weight is 298 g/mol. The van der Waals surface area contributed by atoms with E-state index >= 15 is 0 Å². The highest BCUT2D eigenvalue weighted by Crippen LogP contribution is 2.10. The van der Waals surface area contributed by atoms with Crippen molar-refractivity contribution in [3.63, 3.8) is 0 Å². The maximum absolute atomic E-state index is 11.3. The molecular weight excluding hydrogens is 276 g/mol. The largest absolute Gasteiger partial charge is 0.421 e. The molecule has 2 nitrogen and oxygen atoms in total. The van der Waals surface area contributed by atoms with Crippen molar-refractivity contribution < 1.29 is 9.90 Å². The molecule has 2 rings (SSSR count). The summed E-state index contributed by atoms with van der Waals surface area (Å²) in [7, 11) is -2.89. The van der Waals surface area contributed by atoms with E-state index in [4.69, 9.17) is 0 Å². The van der Waals surface area contributed by atoms with Gasteiger partial charge in [-0.05, 0) is 30.6 Å².